The number of hydrogen-bond acceptors (Lipinski definition) is 6. The van der Waals surface area contributed by atoms with Crippen LogP contribution in [0.2, 0.25) is 0 Å². The molecule has 0 unspecified atom stereocenters. The second-order valence-corrected chi connectivity index (χ2v) is 4.18. The van der Waals surface area contributed by atoms with Crippen molar-refractivity contribution in [1.82, 2.24) is 9.97 Å². The Morgan fingerprint density at radius 2 is 1.94 bits per heavy atom. The van der Waals surface area contributed by atoms with Crippen LogP contribution in [-0.2, 0) is 0 Å². The highest BCUT2D eigenvalue weighted by Gasteiger charge is 2.13. The number of rotatable bonds is 4. The van der Waals surface area contributed by atoms with Gasteiger partial charge < -0.3 is 14.9 Å². The summed E-state index contributed by atoms with van der Waals surface area (Å²) in [6, 6.07) is 7.35. The number of nitrogen functional groups attached to an aromatic ring is 1. The number of nitrogens with one attached hydrogen (secondary N) is 1. The minimum atomic E-state index is 0.294. The van der Waals surface area contributed by atoms with E-state index in [-0.39, 0.29) is 0 Å². The van der Waals surface area contributed by atoms with E-state index >= 15 is 0 Å². The summed E-state index contributed by atoms with van der Waals surface area (Å²) in [5.74, 6) is 6.97. The van der Waals surface area contributed by atoms with Crippen molar-refractivity contribution in [3.63, 3.8) is 0 Å². The molecule has 0 amide bonds. The molecule has 0 aliphatic heterocycles. The standard InChI is InChI=1S/C11H11BrN4O2/c1-17-9-10(16-13)14-6-15-11(9)18-8-4-2-7(12)3-5-8/h2-6H,13H2,1H3,(H,14,15,16). The minimum Gasteiger partial charge on any atom is -0.489 e. The first-order valence-electron chi connectivity index (χ1n) is 5.03. The van der Waals surface area contributed by atoms with Gasteiger partial charge in [-0.05, 0) is 24.3 Å². The van der Waals surface area contributed by atoms with Crippen molar-refractivity contribution in [2.24, 2.45) is 5.84 Å². The first-order chi connectivity index (χ1) is 8.74. The monoisotopic (exact) mass is 310 g/mol. The van der Waals surface area contributed by atoms with Gasteiger partial charge in [0.1, 0.15) is 12.1 Å². The van der Waals surface area contributed by atoms with E-state index in [0.717, 1.165) is 4.47 Å². The predicted molar refractivity (Wildman–Crippen MR) is 70.6 cm³/mol. The highest BCUT2D eigenvalue weighted by atomic mass is 79.9. The van der Waals surface area contributed by atoms with Gasteiger partial charge in [0.15, 0.2) is 5.82 Å². The van der Waals surface area contributed by atoms with Gasteiger partial charge in [0.05, 0.1) is 7.11 Å². The van der Waals surface area contributed by atoms with Crippen molar-refractivity contribution in [3.8, 4) is 17.4 Å². The van der Waals surface area contributed by atoms with Crippen molar-refractivity contribution >= 4 is 21.7 Å². The van der Waals surface area contributed by atoms with Gasteiger partial charge in [-0.1, -0.05) is 15.9 Å². The zero-order valence-electron chi connectivity index (χ0n) is 9.55. The number of anilines is 1. The van der Waals surface area contributed by atoms with Gasteiger partial charge in [-0.25, -0.2) is 10.8 Å². The lowest BCUT2D eigenvalue weighted by Crippen LogP contribution is -2.10. The normalized spacial score (nSPS) is 9.94. The number of ether oxygens (including phenoxy) is 2. The van der Waals surface area contributed by atoms with Crippen LogP contribution >= 0.6 is 15.9 Å². The fourth-order valence-electron chi connectivity index (χ4n) is 1.33. The Morgan fingerprint density at radius 3 is 2.56 bits per heavy atom. The molecule has 94 valence electrons. The van der Waals surface area contributed by atoms with E-state index in [9.17, 15) is 0 Å². The summed E-state index contributed by atoms with van der Waals surface area (Å²) >= 11 is 3.35. The van der Waals surface area contributed by atoms with Crippen LogP contribution in [0.25, 0.3) is 0 Å². The molecule has 2 aromatic rings. The third-order valence-electron chi connectivity index (χ3n) is 2.14. The van der Waals surface area contributed by atoms with Crippen LogP contribution in [0.15, 0.2) is 35.1 Å². The minimum absolute atomic E-state index is 0.294. The van der Waals surface area contributed by atoms with Crippen molar-refractivity contribution < 1.29 is 9.47 Å². The number of aromatic nitrogens is 2. The molecule has 1 aromatic carbocycles. The maximum absolute atomic E-state index is 5.61. The summed E-state index contributed by atoms with van der Waals surface area (Å²) in [6.07, 6.45) is 1.34. The molecule has 0 aliphatic carbocycles. The van der Waals surface area contributed by atoms with Crippen LogP contribution in [-0.4, -0.2) is 17.1 Å². The van der Waals surface area contributed by atoms with E-state index < -0.39 is 0 Å². The third kappa shape index (κ3) is 2.69. The zero-order chi connectivity index (χ0) is 13.0. The van der Waals surface area contributed by atoms with Crippen LogP contribution in [0.3, 0.4) is 0 Å². The molecule has 0 radical (unpaired) electrons. The number of benzene rings is 1. The molecule has 0 saturated carbocycles. The summed E-state index contributed by atoms with van der Waals surface area (Å²) in [5, 5.41) is 0. The molecule has 2 rings (SSSR count). The fourth-order valence-corrected chi connectivity index (χ4v) is 1.60. The Morgan fingerprint density at radius 1 is 1.22 bits per heavy atom. The maximum atomic E-state index is 5.61. The first kappa shape index (κ1) is 12.6. The maximum Gasteiger partial charge on any atom is 0.268 e. The Bertz CT molecular complexity index is 533. The van der Waals surface area contributed by atoms with Gasteiger partial charge in [-0.15, -0.1) is 0 Å². The second-order valence-electron chi connectivity index (χ2n) is 3.26. The second kappa shape index (κ2) is 5.65. The topological polar surface area (TPSA) is 82.3 Å². The van der Waals surface area contributed by atoms with Gasteiger partial charge in [0.25, 0.3) is 5.88 Å². The SMILES string of the molecule is COc1c(NN)ncnc1Oc1ccc(Br)cc1. The molecule has 0 saturated heterocycles. The van der Waals surface area contributed by atoms with Crippen LogP contribution in [0.1, 0.15) is 0 Å². The Balaban J connectivity index is 2.31. The van der Waals surface area contributed by atoms with Gasteiger partial charge in [0, 0.05) is 4.47 Å². The summed E-state index contributed by atoms with van der Waals surface area (Å²) in [4.78, 5) is 7.93. The van der Waals surface area contributed by atoms with Crippen molar-refractivity contribution in [3.05, 3.63) is 35.1 Å². The lowest BCUT2D eigenvalue weighted by molar-refractivity contribution is 0.369. The van der Waals surface area contributed by atoms with E-state index in [1.807, 2.05) is 12.1 Å². The fraction of sp³-hybridized carbons (Fsp3) is 0.0909. The van der Waals surface area contributed by atoms with E-state index in [1.54, 1.807) is 12.1 Å². The predicted octanol–water partition coefficient (Wildman–Crippen LogP) is 2.33. The molecule has 7 heteroatoms. The number of methoxy groups -OCH3 is 1. The molecular formula is C11H11BrN4O2. The van der Waals surface area contributed by atoms with Gasteiger partial charge in [0.2, 0.25) is 5.75 Å². The number of nitrogens with two attached hydrogens (primary N) is 1. The van der Waals surface area contributed by atoms with Gasteiger partial charge >= 0.3 is 0 Å². The zero-order valence-corrected chi connectivity index (χ0v) is 11.1. The number of hydrogen-bond donors (Lipinski definition) is 2. The molecule has 0 aliphatic rings. The molecule has 1 aromatic heterocycles. The summed E-state index contributed by atoms with van der Waals surface area (Å²) < 4.78 is 11.7. The lowest BCUT2D eigenvalue weighted by atomic mass is 10.3. The van der Waals surface area contributed by atoms with E-state index in [0.29, 0.717) is 23.2 Å². The van der Waals surface area contributed by atoms with Crippen LogP contribution in [0.4, 0.5) is 5.82 Å². The lowest BCUT2D eigenvalue weighted by Gasteiger charge is -2.11. The highest BCUT2D eigenvalue weighted by molar-refractivity contribution is 9.10. The summed E-state index contributed by atoms with van der Waals surface area (Å²) in [5.41, 5.74) is 2.42. The molecule has 3 N–H and O–H groups in total. The molecule has 18 heavy (non-hydrogen) atoms. The Hall–Kier alpha value is -1.86. The molecule has 6 nitrogen and oxygen atoms in total. The number of hydrazine groups is 1. The molecule has 0 fully saturated rings. The third-order valence-corrected chi connectivity index (χ3v) is 2.67. The van der Waals surface area contributed by atoms with Crippen LogP contribution in [0.5, 0.6) is 17.4 Å². The molecule has 0 bridgehead atoms. The van der Waals surface area contributed by atoms with E-state index in [4.69, 9.17) is 15.3 Å². The molecule has 0 spiro atoms. The Labute approximate surface area is 112 Å². The summed E-state index contributed by atoms with van der Waals surface area (Å²) in [7, 11) is 1.49. The largest absolute Gasteiger partial charge is 0.489 e. The highest BCUT2D eigenvalue weighted by Crippen LogP contribution is 2.33. The van der Waals surface area contributed by atoms with Crippen LogP contribution in [0, 0.1) is 0 Å². The van der Waals surface area contributed by atoms with Crippen molar-refractivity contribution in [2.75, 3.05) is 12.5 Å². The number of nitrogens with zero attached hydrogens (tertiary/aromatic N) is 2. The quantitative estimate of drug-likeness (QED) is 0.666. The van der Waals surface area contributed by atoms with Crippen LogP contribution < -0.4 is 20.7 Å². The molecule has 1 heterocycles. The number of halogens is 1. The van der Waals surface area contributed by atoms with Gasteiger partial charge in [-0.3, -0.25) is 0 Å². The average molecular weight is 311 g/mol. The first-order valence-corrected chi connectivity index (χ1v) is 5.83. The van der Waals surface area contributed by atoms with E-state index in [2.05, 4.69) is 31.3 Å². The molecule has 0 atom stereocenters. The molecular weight excluding hydrogens is 300 g/mol. The van der Waals surface area contributed by atoms with Crippen molar-refractivity contribution in [1.29, 1.82) is 0 Å². The Kier molecular flexibility index (Phi) is 3.96. The van der Waals surface area contributed by atoms with Crippen molar-refractivity contribution in [2.45, 2.75) is 0 Å². The van der Waals surface area contributed by atoms with Gasteiger partial charge in [-0.2, -0.15) is 4.98 Å². The average Bonchev–Trinajstić information content (AvgIpc) is 2.41. The summed E-state index contributed by atoms with van der Waals surface area (Å²) in [6.45, 7) is 0. The smallest absolute Gasteiger partial charge is 0.268 e. The van der Waals surface area contributed by atoms with E-state index in [1.165, 1.54) is 13.4 Å².